The zero-order valence-corrected chi connectivity index (χ0v) is 15.5. The average Bonchev–Trinajstić information content (AvgIpc) is 3.07. The van der Waals surface area contributed by atoms with Crippen LogP contribution >= 0.6 is 0 Å². The summed E-state index contributed by atoms with van der Waals surface area (Å²) in [5.41, 5.74) is 3.91. The van der Waals surface area contributed by atoms with Crippen LogP contribution in [0.3, 0.4) is 0 Å². The number of carbonyl (C=O) groups is 2. The first kappa shape index (κ1) is 18.4. The zero-order chi connectivity index (χ0) is 19.4. The van der Waals surface area contributed by atoms with E-state index >= 15 is 0 Å². The summed E-state index contributed by atoms with van der Waals surface area (Å²) in [5.74, 6) is -0.927. The molecule has 0 saturated carbocycles. The molecule has 1 heterocycles. The molecule has 6 heteroatoms. The summed E-state index contributed by atoms with van der Waals surface area (Å²) in [6.07, 6.45) is 0.803. The van der Waals surface area contributed by atoms with Gasteiger partial charge >= 0.3 is 5.97 Å². The summed E-state index contributed by atoms with van der Waals surface area (Å²) < 4.78 is 7.05. The van der Waals surface area contributed by atoms with Gasteiger partial charge in [0.05, 0.1) is 11.3 Å². The van der Waals surface area contributed by atoms with Crippen LogP contribution in [0.15, 0.2) is 60.8 Å². The lowest BCUT2D eigenvalue weighted by atomic mass is 10.2. The molecule has 0 aliphatic heterocycles. The van der Waals surface area contributed by atoms with Gasteiger partial charge in [-0.05, 0) is 68.8 Å². The number of anilines is 1. The molecule has 27 heavy (non-hydrogen) atoms. The second-order valence-corrected chi connectivity index (χ2v) is 6.34. The van der Waals surface area contributed by atoms with Gasteiger partial charge in [0, 0.05) is 17.6 Å². The number of hydrogen-bond donors (Lipinski definition) is 1. The quantitative estimate of drug-likeness (QED) is 0.702. The molecule has 3 aromatic rings. The molecule has 0 bridgehead atoms. The highest BCUT2D eigenvalue weighted by Gasteiger charge is 2.19. The van der Waals surface area contributed by atoms with E-state index in [0.717, 1.165) is 16.9 Å². The van der Waals surface area contributed by atoms with E-state index in [4.69, 9.17) is 4.74 Å². The van der Waals surface area contributed by atoms with Gasteiger partial charge in [0.15, 0.2) is 6.10 Å². The maximum Gasteiger partial charge on any atom is 0.338 e. The van der Waals surface area contributed by atoms with Gasteiger partial charge in [-0.1, -0.05) is 12.1 Å². The van der Waals surface area contributed by atoms with Gasteiger partial charge in [0.1, 0.15) is 0 Å². The Morgan fingerprint density at radius 2 is 1.81 bits per heavy atom. The Morgan fingerprint density at radius 3 is 2.44 bits per heavy atom. The van der Waals surface area contributed by atoms with Crippen LogP contribution in [0.25, 0.3) is 5.69 Å². The predicted octanol–water partition coefficient (Wildman–Crippen LogP) is 3.67. The van der Waals surface area contributed by atoms with Crippen LogP contribution in [-0.4, -0.2) is 27.8 Å². The van der Waals surface area contributed by atoms with E-state index in [9.17, 15) is 9.59 Å². The first-order chi connectivity index (χ1) is 12.9. The van der Waals surface area contributed by atoms with Crippen molar-refractivity contribution in [1.82, 2.24) is 9.78 Å². The molecule has 1 atom stereocenters. The molecule has 0 fully saturated rings. The standard InChI is InChI=1S/C21H21N3O3/c1-14-5-4-6-18(13-14)23-20(25)16(3)27-21(26)17-7-9-19(10-8-17)24-15(2)11-12-22-24/h4-13,16H,1-3H3,(H,23,25)/t16-/m0/s1. The van der Waals surface area contributed by atoms with Crippen LogP contribution in [0.2, 0.25) is 0 Å². The Morgan fingerprint density at radius 1 is 1.07 bits per heavy atom. The fourth-order valence-corrected chi connectivity index (χ4v) is 2.63. The van der Waals surface area contributed by atoms with Crippen molar-refractivity contribution in [1.29, 1.82) is 0 Å². The monoisotopic (exact) mass is 363 g/mol. The number of aryl methyl sites for hydroxylation is 2. The number of hydrogen-bond acceptors (Lipinski definition) is 4. The fraction of sp³-hybridized carbons (Fsp3) is 0.190. The Bertz CT molecular complexity index is 961. The molecule has 1 aromatic heterocycles. The third kappa shape index (κ3) is 4.41. The molecule has 0 saturated heterocycles. The van der Waals surface area contributed by atoms with Crippen LogP contribution in [0.4, 0.5) is 5.69 Å². The van der Waals surface area contributed by atoms with Gasteiger partial charge in [0.25, 0.3) is 5.91 Å². The molecule has 0 aliphatic rings. The molecule has 0 aliphatic carbocycles. The molecule has 1 N–H and O–H groups in total. The Balaban J connectivity index is 1.62. The van der Waals surface area contributed by atoms with Gasteiger partial charge < -0.3 is 10.1 Å². The SMILES string of the molecule is Cc1cccc(NC(=O)[C@H](C)OC(=O)c2ccc(-n3nccc3C)cc2)c1. The van der Waals surface area contributed by atoms with Crippen molar-refractivity contribution >= 4 is 17.6 Å². The third-order valence-corrected chi connectivity index (χ3v) is 4.12. The molecule has 3 rings (SSSR count). The molecule has 6 nitrogen and oxygen atoms in total. The van der Waals surface area contributed by atoms with E-state index in [1.807, 2.05) is 38.1 Å². The molecule has 2 aromatic carbocycles. The number of nitrogens with one attached hydrogen (secondary N) is 1. The minimum absolute atomic E-state index is 0.374. The van der Waals surface area contributed by atoms with Crippen molar-refractivity contribution in [2.75, 3.05) is 5.32 Å². The second-order valence-electron chi connectivity index (χ2n) is 6.34. The van der Waals surface area contributed by atoms with Crippen molar-refractivity contribution in [3.63, 3.8) is 0 Å². The topological polar surface area (TPSA) is 73.2 Å². The number of amides is 1. The van der Waals surface area contributed by atoms with Crippen LogP contribution in [-0.2, 0) is 9.53 Å². The number of rotatable bonds is 5. The second kappa shape index (κ2) is 7.86. The summed E-state index contributed by atoms with van der Waals surface area (Å²) >= 11 is 0. The minimum atomic E-state index is -0.911. The maximum absolute atomic E-state index is 12.3. The molecule has 0 unspecified atom stereocenters. The summed E-state index contributed by atoms with van der Waals surface area (Å²) in [7, 11) is 0. The van der Waals surface area contributed by atoms with Crippen molar-refractivity contribution in [3.05, 3.63) is 77.6 Å². The smallest absolute Gasteiger partial charge is 0.338 e. The van der Waals surface area contributed by atoms with Crippen LogP contribution in [0, 0.1) is 13.8 Å². The maximum atomic E-state index is 12.3. The van der Waals surface area contributed by atoms with E-state index in [1.54, 1.807) is 48.1 Å². The first-order valence-corrected chi connectivity index (χ1v) is 8.63. The van der Waals surface area contributed by atoms with Crippen molar-refractivity contribution in [3.8, 4) is 5.69 Å². The lowest BCUT2D eigenvalue weighted by Gasteiger charge is -2.14. The Labute approximate surface area is 157 Å². The number of ether oxygens (including phenoxy) is 1. The van der Waals surface area contributed by atoms with Crippen molar-refractivity contribution in [2.45, 2.75) is 26.9 Å². The van der Waals surface area contributed by atoms with E-state index in [2.05, 4.69) is 10.4 Å². The third-order valence-electron chi connectivity index (χ3n) is 4.12. The van der Waals surface area contributed by atoms with E-state index < -0.39 is 12.1 Å². The Hall–Kier alpha value is -3.41. The largest absolute Gasteiger partial charge is 0.449 e. The number of esters is 1. The molecule has 0 spiro atoms. The number of aromatic nitrogens is 2. The summed E-state index contributed by atoms with van der Waals surface area (Å²) in [4.78, 5) is 24.5. The summed E-state index contributed by atoms with van der Waals surface area (Å²) in [6, 6.07) is 16.2. The van der Waals surface area contributed by atoms with Crippen LogP contribution in [0.1, 0.15) is 28.5 Å². The number of carbonyl (C=O) groups excluding carboxylic acids is 2. The van der Waals surface area contributed by atoms with Crippen molar-refractivity contribution < 1.29 is 14.3 Å². The normalized spacial score (nSPS) is 11.7. The lowest BCUT2D eigenvalue weighted by molar-refractivity contribution is -0.123. The van der Waals surface area contributed by atoms with E-state index in [-0.39, 0.29) is 5.91 Å². The van der Waals surface area contributed by atoms with Crippen molar-refractivity contribution in [2.24, 2.45) is 0 Å². The van der Waals surface area contributed by atoms with Gasteiger partial charge in [-0.25, -0.2) is 9.48 Å². The molecular formula is C21H21N3O3. The van der Waals surface area contributed by atoms with E-state index in [0.29, 0.717) is 11.3 Å². The minimum Gasteiger partial charge on any atom is -0.449 e. The fourth-order valence-electron chi connectivity index (χ4n) is 2.63. The molecule has 1 amide bonds. The van der Waals surface area contributed by atoms with Gasteiger partial charge in [-0.3, -0.25) is 4.79 Å². The Kier molecular flexibility index (Phi) is 5.35. The number of benzene rings is 2. The van der Waals surface area contributed by atoms with Crippen LogP contribution < -0.4 is 5.32 Å². The van der Waals surface area contributed by atoms with Gasteiger partial charge in [0.2, 0.25) is 0 Å². The first-order valence-electron chi connectivity index (χ1n) is 8.63. The summed E-state index contributed by atoms with van der Waals surface area (Å²) in [6.45, 7) is 5.43. The molecule has 138 valence electrons. The van der Waals surface area contributed by atoms with Crippen LogP contribution in [0.5, 0.6) is 0 Å². The van der Waals surface area contributed by atoms with Gasteiger partial charge in [-0.15, -0.1) is 0 Å². The number of nitrogens with zero attached hydrogens (tertiary/aromatic N) is 2. The zero-order valence-electron chi connectivity index (χ0n) is 15.5. The molecular weight excluding hydrogens is 342 g/mol. The van der Waals surface area contributed by atoms with E-state index in [1.165, 1.54) is 0 Å². The summed E-state index contributed by atoms with van der Waals surface area (Å²) in [5, 5.41) is 6.97. The van der Waals surface area contributed by atoms with Gasteiger partial charge in [-0.2, -0.15) is 5.10 Å². The highest BCUT2D eigenvalue weighted by atomic mass is 16.5. The highest BCUT2D eigenvalue weighted by Crippen LogP contribution is 2.14. The molecule has 0 radical (unpaired) electrons. The predicted molar refractivity (Wildman–Crippen MR) is 103 cm³/mol. The lowest BCUT2D eigenvalue weighted by Crippen LogP contribution is -2.30. The highest BCUT2D eigenvalue weighted by molar-refractivity contribution is 5.97. The average molecular weight is 363 g/mol.